The molecular formula is C22H18F2N4O3S. The van der Waals surface area contributed by atoms with Crippen LogP contribution in [0, 0.1) is 29.4 Å². The zero-order valence-corrected chi connectivity index (χ0v) is 17.8. The highest BCUT2D eigenvalue weighted by Gasteiger charge is 2.61. The summed E-state index contributed by atoms with van der Waals surface area (Å²) in [6, 6.07) is 3.38. The van der Waals surface area contributed by atoms with Crippen molar-refractivity contribution in [2.75, 3.05) is 6.54 Å². The van der Waals surface area contributed by atoms with Gasteiger partial charge in [-0.05, 0) is 29.4 Å². The van der Waals surface area contributed by atoms with E-state index >= 15 is 0 Å². The van der Waals surface area contributed by atoms with Crippen LogP contribution in [-0.4, -0.2) is 43.3 Å². The minimum atomic E-state index is -0.684. The fourth-order valence-electron chi connectivity index (χ4n) is 5.30. The van der Waals surface area contributed by atoms with E-state index in [4.69, 9.17) is 0 Å². The summed E-state index contributed by atoms with van der Waals surface area (Å²) in [5, 5.41) is 19.4. The molecule has 2 aromatic heterocycles. The van der Waals surface area contributed by atoms with Crippen LogP contribution in [0.5, 0.6) is 5.75 Å². The zero-order chi connectivity index (χ0) is 22.3. The molecule has 32 heavy (non-hydrogen) atoms. The summed E-state index contributed by atoms with van der Waals surface area (Å²) in [6.07, 6.45) is 1.66. The van der Waals surface area contributed by atoms with Gasteiger partial charge in [0.05, 0.1) is 11.6 Å². The monoisotopic (exact) mass is 456 g/mol. The van der Waals surface area contributed by atoms with Gasteiger partial charge in [-0.15, -0.1) is 10.2 Å². The highest BCUT2D eigenvalue weighted by molar-refractivity contribution is 7.14. The SMILES string of the molecule is C[C@@H]1C2CN3C(=O)c4c(O)c(=O)c(-c5nnc(Cc6ccc(F)cc6F)s5)cn4C[C@@H]3C21. The number of pyridine rings is 1. The van der Waals surface area contributed by atoms with Crippen LogP contribution in [0.1, 0.15) is 28.0 Å². The van der Waals surface area contributed by atoms with Gasteiger partial charge in [0.2, 0.25) is 5.43 Å². The molecule has 7 nitrogen and oxygen atoms in total. The first-order valence-electron chi connectivity index (χ1n) is 10.4. The standard InChI is InChI=1S/C22H18F2N4O3S/c1-9-12-7-28-15(17(9)12)8-27-6-13(19(29)20(30)18(27)22(28)31)21-26-25-16(32-21)4-10-2-3-11(23)5-14(10)24/h2-3,5-6,9,12,15,17,30H,4,7-8H2,1H3/t9-,12?,15-,17?/m1/s1. The molecule has 1 saturated carbocycles. The maximum atomic E-state index is 14.0. The fourth-order valence-corrected chi connectivity index (χ4v) is 6.17. The van der Waals surface area contributed by atoms with Gasteiger partial charge in [0.25, 0.3) is 5.91 Å². The van der Waals surface area contributed by atoms with Crippen LogP contribution in [-0.2, 0) is 13.0 Å². The lowest BCUT2D eigenvalue weighted by molar-refractivity contribution is 0.0607. The molecule has 4 heterocycles. The Labute approximate surface area is 184 Å². The second-order valence-electron chi connectivity index (χ2n) is 8.76. The maximum Gasteiger partial charge on any atom is 0.274 e. The number of fused-ring (bicyclic) bond motifs is 4. The summed E-state index contributed by atoms with van der Waals surface area (Å²) in [7, 11) is 0. The van der Waals surface area contributed by atoms with Crippen molar-refractivity contribution in [2.24, 2.45) is 17.8 Å². The number of piperidine rings is 1. The Morgan fingerprint density at radius 3 is 2.81 bits per heavy atom. The third-order valence-electron chi connectivity index (χ3n) is 7.05. The van der Waals surface area contributed by atoms with E-state index < -0.39 is 22.8 Å². The summed E-state index contributed by atoms with van der Waals surface area (Å²) in [4.78, 5) is 27.6. The van der Waals surface area contributed by atoms with E-state index in [0.29, 0.717) is 35.9 Å². The lowest BCUT2D eigenvalue weighted by Crippen LogP contribution is -2.48. The second-order valence-corrected chi connectivity index (χ2v) is 9.82. The Morgan fingerprint density at radius 2 is 2.03 bits per heavy atom. The Kier molecular flexibility index (Phi) is 4.08. The van der Waals surface area contributed by atoms with Gasteiger partial charge in [-0.25, -0.2) is 8.78 Å². The number of aromatic nitrogens is 3. The number of carbonyl (C=O) groups is 1. The molecular weight excluding hydrogens is 438 g/mol. The average molecular weight is 456 g/mol. The van der Waals surface area contributed by atoms with Crippen molar-refractivity contribution in [3.05, 3.63) is 62.5 Å². The molecule has 1 N–H and O–H groups in total. The molecule has 4 atom stereocenters. The van der Waals surface area contributed by atoms with Gasteiger partial charge in [-0.2, -0.15) is 0 Å². The molecule has 2 fully saturated rings. The fraction of sp³-hybridized carbons (Fsp3) is 0.364. The van der Waals surface area contributed by atoms with E-state index in [-0.39, 0.29) is 40.2 Å². The van der Waals surface area contributed by atoms with E-state index in [0.717, 1.165) is 17.4 Å². The summed E-state index contributed by atoms with van der Waals surface area (Å²) < 4.78 is 28.8. The third kappa shape index (κ3) is 2.75. The highest BCUT2D eigenvalue weighted by atomic mass is 32.1. The van der Waals surface area contributed by atoms with Crippen LogP contribution in [0.4, 0.5) is 8.78 Å². The molecule has 1 aliphatic carbocycles. The summed E-state index contributed by atoms with van der Waals surface area (Å²) in [5.41, 5.74) is -0.258. The summed E-state index contributed by atoms with van der Waals surface area (Å²) in [6.45, 7) is 3.37. The van der Waals surface area contributed by atoms with Gasteiger partial charge >= 0.3 is 0 Å². The van der Waals surface area contributed by atoms with Crippen LogP contribution in [0.2, 0.25) is 0 Å². The molecule has 10 heteroatoms. The lowest BCUT2D eigenvalue weighted by atomic mass is 10.1. The van der Waals surface area contributed by atoms with Gasteiger partial charge < -0.3 is 14.6 Å². The van der Waals surface area contributed by atoms with Gasteiger partial charge in [-0.1, -0.05) is 24.3 Å². The molecule has 0 radical (unpaired) electrons. The van der Waals surface area contributed by atoms with E-state index in [1.165, 1.54) is 12.1 Å². The quantitative estimate of drug-likeness (QED) is 0.655. The van der Waals surface area contributed by atoms with Crippen molar-refractivity contribution in [1.29, 1.82) is 0 Å². The molecule has 3 aliphatic rings. The molecule has 3 aromatic rings. The first-order valence-corrected chi connectivity index (χ1v) is 11.2. The van der Waals surface area contributed by atoms with Crippen LogP contribution in [0.15, 0.2) is 29.2 Å². The number of hydrogen-bond acceptors (Lipinski definition) is 6. The minimum absolute atomic E-state index is 0.0158. The molecule has 0 bridgehead atoms. The third-order valence-corrected chi connectivity index (χ3v) is 8.00. The Bertz CT molecular complexity index is 1350. The predicted molar refractivity (Wildman–Crippen MR) is 111 cm³/mol. The second kappa shape index (κ2) is 6.68. The largest absolute Gasteiger partial charge is 0.503 e. The average Bonchev–Trinajstić information content (AvgIpc) is 3.09. The normalized spacial score (nSPS) is 25.5. The molecule has 164 valence electrons. The molecule has 1 amide bonds. The van der Waals surface area contributed by atoms with Gasteiger partial charge in [0.1, 0.15) is 16.6 Å². The van der Waals surface area contributed by atoms with Crippen LogP contribution in [0.3, 0.4) is 0 Å². The minimum Gasteiger partial charge on any atom is -0.503 e. The van der Waals surface area contributed by atoms with Crippen molar-refractivity contribution in [1.82, 2.24) is 19.7 Å². The molecule has 2 aliphatic heterocycles. The van der Waals surface area contributed by atoms with Gasteiger partial charge in [-0.3, -0.25) is 9.59 Å². The molecule has 2 unspecified atom stereocenters. The molecule has 1 saturated heterocycles. The zero-order valence-electron chi connectivity index (χ0n) is 17.0. The molecule has 0 spiro atoms. The number of nitrogens with zero attached hydrogens (tertiary/aromatic N) is 4. The van der Waals surface area contributed by atoms with Gasteiger partial charge in [0.15, 0.2) is 16.5 Å². The van der Waals surface area contributed by atoms with Crippen molar-refractivity contribution in [3.8, 4) is 16.3 Å². The number of benzene rings is 1. The van der Waals surface area contributed by atoms with E-state index in [1.54, 1.807) is 15.7 Å². The van der Waals surface area contributed by atoms with Gasteiger partial charge in [0, 0.05) is 31.8 Å². The first-order chi connectivity index (χ1) is 15.3. The van der Waals surface area contributed by atoms with Crippen molar-refractivity contribution < 1.29 is 18.7 Å². The lowest BCUT2D eigenvalue weighted by Gasteiger charge is -2.35. The number of aromatic hydroxyl groups is 1. The van der Waals surface area contributed by atoms with Crippen molar-refractivity contribution in [3.63, 3.8) is 0 Å². The smallest absolute Gasteiger partial charge is 0.274 e. The summed E-state index contributed by atoms with van der Waals surface area (Å²) in [5.74, 6) is -0.715. The topological polar surface area (TPSA) is 88.3 Å². The Hall–Kier alpha value is -3.14. The number of carbonyl (C=O) groups excluding carboxylic acids is 1. The molecule has 6 rings (SSSR count). The predicted octanol–water partition coefficient (Wildman–Crippen LogP) is 2.66. The van der Waals surface area contributed by atoms with Crippen LogP contribution < -0.4 is 5.43 Å². The number of amides is 1. The number of hydrogen-bond donors (Lipinski definition) is 1. The summed E-state index contributed by atoms with van der Waals surface area (Å²) >= 11 is 1.09. The highest BCUT2D eigenvalue weighted by Crippen LogP contribution is 2.56. The number of halogens is 2. The van der Waals surface area contributed by atoms with Crippen molar-refractivity contribution in [2.45, 2.75) is 25.9 Å². The van der Waals surface area contributed by atoms with E-state index in [2.05, 4.69) is 17.1 Å². The van der Waals surface area contributed by atoms with E-state index in [1.807, 2.05) is 0 Å². The number of rotatable bonds is 3. The first kappa shape index (κ1) is 19.5. The maximum absolute atomic E-state index is 14.0. The van der Waals surface area contributed by atoms with E-state index in [9.17, 15) is 23.5 Å². The molecule has 1 aromatic carbocycles. The Morgan fingerprint density at radius 1 is 1.22 bits per heavy atom. The Balaban J connectivity index is 1.35. The van der Waals surface area contributed by atoms with Crippen LogP contribution in [0.25, 0.3) is 10.6 Å². The van der Waals surface area contributed by atoms with Crippen LogP contribution >= 0.6 is 11.3 Å². The van der Waals surface area contributed by atoms with Crippen molar-refractivity contribution >= 4 is 17.2 Å².